The minimum Gasteiger partial charge on any atom is -0.391 e. The molecule has 0 atom stereocenters. The Morgan fingerprint density at radius 1 is 1.50 bits per heavy atom. The van der Waals surface area contributed by atoms with Gasteiger partial charge < -0.3 is 10.8 Å². The molecular formula is C9H13NOS. The van der Waals surface area contributed by atoms with Gasteiger partial charge in [-0.25, -0.2) is 0 Å². The highest BCUT2D eigenvalue weighted by molar-refractivity contribution is 7.12. The van der Waals surface area contributed by atoms with Crippen LogP contribution < -0.4 is 5.73 Å². The monoisotopic (exact) mass is 183 g/mol. The van der Waals surface area contributed by atoms with E-state index in [9.17, 15) is 0 Å². The summed E-state index contributed by atoms with van der Waals surface area (Å²) in [5, 5.41) is 8.79. The highest BCUT2D eigenvalue weighted by Gasteiger charge is 1.93. The fourth-order valence-corrected chi connectivity index (χ4v) is 1.67. The van der Waals surface area contributed by atoms with Gasteiger partial charge in [-0.15, -0.1) is 11.3 Å². The zero-order valence-electron chi connectivity index (χ0n) is 6.86. The van der Waals surface area contributed by atoms with Gasteiger partial charge in [-0.2, -0.15) is 0 Å². The maximum Gasteiger partial charge on any atom is 0.0774 e. The predicted molar refractivity (Wildman–Crippen MR) is 52.9 cm³/mol. The molecule has 0 fully saturated rings. The minimum atomic E-state index is 0.134. The van der Waals surface area contributed by atoms with Crippen LogP contribution in [0.25, 0.3) is 6.08 Å². The largest absolute Gasteiger partial charge is 0.391 e. The number of hydrogen-bond acceptors (Lipinski definition) is 3. The fraction of sp³-hybridized carbons (Fsp3) is 0.333. The Morgan fingerprint density at radius 2 is 2.33 bits per heavy atom. The number of nitrogens with two attached hydrogens (primary N) is 1. The van der Waals surface area contributed by atoms with Gasteiger partial charge in [-0.05, 0) is 31.2 Å². The molecule has 0 saturated carbocycles. The van der Waals surface area contributed by atoms with Gasteiger partial charge in [0.05, 0.1) is 6.61 Å². The van der Waals surface area contributed by atoms with Gasteiger partial charge in [0, 0.05) is 9.75 Å². The molecule has 1 rings (SSSR count). The zero-order valence-corrected chi connectivity index (χ0v) is 7.68. The summed E-state index contributed by atoms with van der Waals surface area (Å²) in [6.07, 6.45) is 5.00. The number of rotatable bonds is 4. The summed E-state index contributed by atoms with van der Waals surface area (Å²) in [6.45, 7) is 0.824. The van der Waals surface area contributed by atoms with Gasteiger partial charge in [-0.3, -0.25) is 0 Å². The molecule has 0 aliphatic carbocycles. The molecule has 66 valence electrons. The van der Waals surface area contributed by atoms with Crippen molar-refractivity contribution in [3.63, 3.8) is 0 Å². The van der Waals surface area contributed by atoms with Crippen LogP contribution in [0.5, 0.6) is 0 Å². The highest BCUT2D eigenvalue weighted by Crippen LogP contribution is 2.17. The second-order valence-electron chi connectivity index (χ2n) is 2.44. The average Bonchev–Trinajstić information content (AvgIpc) is 2.53. The first-order valence-electron chi connectivity index (χ1n) is 3.93. The smallest absolute Gasteiger partial charge is 0.0774 e. The SMILES string of the molecule is NCCC=Cc1ccc(CO)s1. The molecule has 0 aromatic carbocycles. The summed E-state index contributed by atoms with van der Waals surface area (Å²) >= 11 is 1.61. The molecule has 0 aliphatic heterocycles. The summed E-state index contributed by atoms with van der Waals surface area (Å²) in [7, 11) is 0. The van der Waals surface area contributed by atoms with E-state index in [-0.39, 0.29) is 6.61 Å². The van der Waals surface area contributed by atoms with Gasteiger partial charge in [0.25, 0.3) is 0 Å². The van der Waals surface area contributed by atoms with Crippen molar-refractivity contribution in [1.82, 2.24) is 0 Å². The van der Waals surface area contributed by atoms with Crippen LogP contribution in [0, 0.1) is 0 Å². The van der Waals surface area contributed by atoms with Crippen LogP contribution in [-0.4, -0.2) is 11.7 Å². The molecule has 0 bridgehead atoms. The molecule has 1 aromatic heterocycles. The lowest BCUT2D eigenvalue weighted by Crippen LogP contribution is -1.94. The maximum atomic E-state index is 8.79. The van der Waals surface area contributed by atoms with E-state index in [0.717, 1.165) is 11.3 Å². The van der Waals surface area contributed by atoms with Crippen molar-refractivity contribution in [3.8, 4) is 0 Å². The summed E-state index contributed by atoms with van der Waals surface area (Å²) in [5.74, 6) is 0. The molecule has 0 unspecified atom stereocenters. The van der Waals surface area contributed by atoms with Gasteiger partial charge in [0.15, 0.2) is 0 Å². The van der Waals surface area contributed by atoms with Gasteiger partial charge >= 0.3 is 0 Å². The maximum absolute atomic E-state index is 8.79. The quantitative estimate of drug-likeness (QED) is 0.744. The Kier molecular flexibility index (Phi) is 4.00. The van der Waals surface area contributed by atoms with Crippen molar-refractivity contribution < 1.29 is 5.11 Å². The van der Waals surface area contributed by atoms with Gasteiger partial charge in [0.1, 0.15) is 0 Å². The first-order chi connectivity index (χ1) is 5.86. The summed E-state index contributed by atoms with van der Waals surface area (Å²) in [6, 6.07) is 3.94. The Bertz CT molecular complexity index is 255. The van der Waals surface area contributed by atoms with Crippen molar-refractivity contribution >= 4 is 17.4 Å². The van der Waals surface area contributed by atoms with Crippen LogP contribution in [0.3, 0.4) is 0 Å². The number of aliphatic hydroxyl groups excluding tert-OH is 1. The molecule has 1 heterocycles. The Balaban J connectivity index is 2.51. The summed E-state index contributed by atoms with van der Waals surface area (Å²) in [4.78, 5) is 2.18. The van der Waals surface area contributed by atoms with Crippen molar-refractivity contribution in [2.24, 2.45) is 5.73 Å². The summed E-state index contributed by atoms with van der Waals surface area (Å²) in [5.41, 5.74) is 5.34. The highest BCUT2D eigenvalue weighted by atomic mass is 32.1. The molecule has 12 heavy (non-hydrogen) atoms. The Morgan fingerprint density at radius 3 is 2.92 bits per heavy atom. The normalized spacial score (nSPS) is 11.2. The van der Waals surface area contributed by atoms with E-state index in [1.807, 2.05) is 24.3 Å². The molecule has 0 amide bonds. The van der Waals surface area contributed by atoms with Crippen LogP contribution >= 0.6 is 11.3 Å². The van der Waals surface area contributed by atoms with E-state index in [2.05, 4.69) is 0 Å². The molecule has 0 radical (unpaired) electrons. The third-order valence-electron chi connectivity index (χ3n) is 1.45. The third-order valence-corrected chi connectivity index (χ3v) is 2.49. The first kappa shape index (κ1) is 9.45. The molecule has 0 aliphatic rings. The number of hydrogen-bond donors (Lipinski definition) is 2. The van der Waals surface area contributed by atoms with E-state index in [0.29, 0.717) is 6.54 Å². The van der Waals surface area contributed by atoms with Crippen molar-refractivity contribution in [1.29, 1.82) is 0 Å². The van der Waals surface area contributed by atoms with Crippen molar-refractivity contribution in [2.45, 2.75) is 13.0 Å². The number of aliphatic hydroxyl groups is 1. The fourth-order valence-electron chi connectivity index (χ4n) is 0.865. The zero-order chi connectivity index (χ0) is 8.81. The van der Waals surface area contributed by atoms with E-state index in [1.54, 1.807) is 11.3 Å². The van der Waals surface area contributed by atoms with Gasteiger partial charge in [-0.1, -0.05) is 6.08 Å². The molecule has 3 N–H and O–H groups in total. The van der Waals surface area contributed by atoms with Crippen LogP contribution in [0.1, 0.15) is 16.2 Å². The molecule has 2 nitrogen and oxygen atoms in total. The number of thiophene rings is 1. The average molecular weight is 183 g/mol. The van der Waals surface area contributed by atoms with E-state index >= 15 is 0 Å². The Hall–Kier alpha value is -0.640. The van der Waals surface area contributed by atoms with Crippen LogP contribution in [0.4, 0.5) is 0 Å². The summed E-state index contributed by atoms with van der Waals surface area (Å²) < 4.78 is 0. The molecule has 0 saturated heterocycles. The second kappa shape index (κ2) is 5.09. The third kappa shape index (κ3) is 2.77. The molecule has 0 spiro atoms. The minimum absolute atomic E-state index is 0.134. The van der Waals surface area contributed by atoms with Crippen LogP contribution in [0.2, 0.25) is 0 Å². The lowest BCUT2D eigenvalue weighted by molar-refractivity contribution is 0.285. The van der Waals surface area contributed by atoms with E-state index < -0.39 is 0 Å². The van der Waals surface area contributed by atoms with Crippen LogP contribution in [0.15, 0.2) is 18.2 Å². The van der Waals surface area contributed by atoms with Gasteiger partial charge in [0.2, 0.25) is 0 Å². The molecular weight excluding hydrogens is 170 g/mol. The topological polar surface area (TPSA) is 46.2 Å². The van der Waals surface area contributed by atoms with Crippen molar-refractivity contribution in [2.75, 3.05) is 6.54 Å². The van der Waals surface area contributed by atoms with Crippen LogP contribution in [-0.2, 0) is 6.61 Å². The van der Waals surface area contributed by atoms with E-state index in [1.165, 1.54) is 4.88 Å². The second-order valence-corrected chi connectivity index (χ2v) is 3.64. The van der Waals surface area contributed by atoms with E-state index in [4.69, 9.17) is 10.8 Å². The van der Waals surface area contributed by atoms with Crippen molar-refractivity contribution in [3.05, 3.63) is 28.0 Å². The molecule has 3 heteroatoms. The standard InChI is InChI=1S/C9H13NOS/c10-6-2-1-3-8-4-5-9(7-11)12-8/h1,3-5,11H,2,6-7,10H2. The lowest BCUT2D eigenvalue weighted by Gasteiger charge is -1.85. The lowest BCUT2D eigenvalue weighted by atomic mass is 10.3. The molecule has 1 aromatic rings. The first-order valence-corrected chi connectivity index (χ1v) is 4.74. The predicted octanol–water partition coefficient (Wildman–Crippen LogP) is 1.60. The Labute approximate surface area is 76.3 Å².